The minimum absolute atomic E-state index is 0.139. The highest BCUT2D eigenvalue weighted by molar-refractivity contribution is 9.10. The molecule has 5 nitrogen and oxygen atoms in total. The van der Waals surface area contributed by atoms with Crippen LogP contribution in [0.5, 0.6) is 0 Å². The second kappa shape index (κ2) is 3.69. The summed E-state index contributed by atoms with van der Waals surface area (Å²) in [7, 11) is 1.69. The van der Waals surface area contributed by atoms with Gasteiger partial charge in [0.2, 0.25) is 0 Å². The fraction of sp³-hybridized carbons (Fsp3) is 0.333. The lowest BCUT2D eigenvalue weighted by atomic mass is 10.4. The minimum Gasteiger partial charge on any atom is -0.452 e. The lowest BCUT2D eigenvalue weighted by Crippen LogP contribution is -2.23. The van der Waals surface area contributed by atoms with Crippen LogP contribution in [0.2, 0.25) is 0 Å². The van der Waals surface area contributed by atoms with Gasteiger partial charge in [-0.05, 0) is 35.0 Å². The first kappa shape index (κ1) is 10.2. The Balaban J connectivity index is 2.32. The zero-order valence-corrected chi connectivity index (χ0v) is 9.98. The number of hydrogen-bond donors (Lipinski definition) is 0. The Bertz CT molecular complexity index is 538. The fourth-order valence-corrected chi connectivity index (χ4v) is 1.62. The molecule has 0 unspecified atom stereocenters. The molecule has 0 saturated carbocycles. The second-order valence-electron chi connectivity index (χ2n) is 3.25. The van der Waals surface area contributed by atoms with Crippen molar-refractivity contribution in [2.75, 3.05) is 0 Å². The molecule has 2 aromatic heterocycles. The van der Waals surface area contributed by atoms with Crippen molar-refractivity contribution in [3.8, 4) is 0 Å². The predicted molar refractivity (Wildman–Crippen MR) is 57.7 cm³/mol. The van der Waals surface area contributed by atoms with E-state index in [1.807, 2.05) is 0 Å². The summed E-state index contributed by atoms with van der Waals surface area (Å²) in [6, 6.07) is 3.59. The smallest absolute Gasteiger partial charge is 0.346 e. The molecule has 0 saturated heterocycles. The molecule has 2 rings (SSSR count). The highest BCUT2D eigenvalue weighted by atomic mass is 79.9. The number of halogens is 1. The summed E-state index contributed by atoms with van der Waals surface area (Å²) >= 11 is 3.20. The largest absolute Gasteiger partial charge is 0.452 e. The number of furan rings is 1. The Kier molecular flexibility index (Phi) is 2.52. The van der Waals surface area contributed by atoms with E-state index in [1.54, 1.807) is 26.1 Å². The van der Waals surface area contributed by atoms with E-state index in [9.17, 15) is 4.79 Å². The van der Waals surface area contributed by atoms with Crippen LogP contribution in [0.1, 0.15) is 11.6 Å². The Labute approximate surface area is 94.4 Å². The second-order valence-corrected chi connectivity index (χ2v) is 4.03. The first-order valence-electron chi connectivity index (χ1n) is 4.42. The van der Waals surface area contributed by atoms with Crippen LogP contribution < -0.4 is 5.69 Å². The number of hydrogen-bond acceptors (Lipinski definition) is 3. The molecule has 0 amide bonds. The van der Waals surface area contributed by atoms with E-state index >= 15 is 0 Å². The third-order valence-corrected chi connectivity index (χ3v) is 2.62. The van der Waals surface area contributed by atoms with Gasteiger partial charge in [0.15, 0.2) is 4.67 Å². The summed E-state index contributed by atoms with van der Waals surface area (Å²) < 4.78 is 8.82. The molecular weight excluding hydrogens is 262 g/mol. The molecule has 0 radical (unpaired) electrons. The number of nitrogens with zero attached hydrogens (tertiary/aromatic N) is 3. The van der Waals surface area contributed by atoms with Crippen LogP contribution in [0.15, 0.2) is 26.0 Å². The van der Waals surface area contributed by atoms with Gasteiger partial charge in [-0.1, -0.05) is 0 Å². The molecule has 0 atom stereocenters. The van der Waals surface area contributed by atoms with Gasteiger partial charge in [-0.15, -0.1) is 0 Å². The van der Waals surface area contributed by atoms with Gasteiger partial charge in [0.05, 0.1) is 0 Å². The van der Waals surface area contributed by atoms with Crippen molar-refractivity contribution in [3.63, 3.8) is 0 Å². The summed E-state index contributed by atoms with van der Waals surface area (Å²) in [6.07, 6.45) is 0. The fourth-order valence-electron chi connectivity index (χ4n) is 1.28. The summed E-state index contributed by atoms with van der Waals surface area (Å²) in [6.45, 7) is 2.14. The van der Waals surface area contributed by atoms with Crippen molar-refractivity contribution in [2.24, 2.45) is 7.05 Å². The van der Waals surface area contributed by atoms with Crippen molar-refractivity contribution in [1.29, 1.82) is 0 Å². The van der Waals surface area contributed by atoms with Gasteiger partial charge in [0, 0.05) is 7.05 Å². The SMILES string of the molecule is Cc1nn(Cc2ccc(Br)o2)c(=O)n1C. The van der Waals surface area contributed by atoms with Crippen LogP contribution in [-0.2, 0) is 13.6 Å². The van der Waals surface area contributed by atoms with Crippen LogP contribution in [0.3, 0.4) is 0 Å². The standard InChI is InChI=1S/C9H10BrN3O2/c1-6-11-13(9(14)12(6)2)5-7-3-4-8(10)15-7/h3-4H,5H2,1-2H3. The van der Waals surface area contributed by atoms with Gasteiger partial charge in [-0.3, -0.25) is 4.57 Å². The molecule has 0 aliphatic rings. The summed E-state index contributed by atoms with van der Waals surface area (Å²) in [5.74, 6) is 1.38. The topological polar surface area (TPSA) is 53.0 Å². The first-order valence-corrected chi connectivity index (χ1v) is 5.22. The molecule has 0 aromatic carbocycles. The number of aromatic nitrogens is 3. The third-order valence-electron chi connectivity index (χ3n) is 2.19. The Hall–Kier alpha value is -1.30. The Morgan fingerprint density at radius 2 is 2.27 bits per heavy atom. The summed E-state index contributed by atoms with van der Waals surface area (Å²) in [5.41, 5.74) is -0.139. The predicted octanol–water partition coefficient (Wildman–Crippen LogP) is 1.29. The molecule has 0 spiro atoms. The summed E-state index contributed by atoms with van der Waals surface area (Å²) in [5, 5.41) is 4.11. The molecule has 15 heavy (non-hydrogen) atoms. The average molecular weight is 272 g/mol. The van der Waals surface area contributed by atoms with Crippen LogP contribution in [0.4, 0.5) is 0 Å². The molecule has 0 aliphatic heterocycles. The molecule has 0 fully saturated rings. The quantitative estimate of drug-likeness (QED) is 0.827. The van der Waals surface area contributed by atoms with Gasteiger partial charge < -0.3 is 4.42 Å². The van der Waals surface area contributed by atoms with E-state index in [-0.39, 0.29) is 5.69 Å². The minimum atomic E-state index is -0.139. The Morgan fingerprint density at radius 1 is 1.53 bits per heavy atom. The lowest BCUT2D eigenvalue weighted by Gasteiger charge is -1.94. The van der Waals surface area contributed by atoms with E-state index in [4.69, 9.17) is 4.42 Å². The average Bonchev–Trinajstić information content (AvgIpc) is 2.68. The van der Waals surface area contributed by atoms with E-state index in [2.05, 4.69) is 21.0 Å². The van der Waals surface area contributed by atoms with Crippen LogP contribution in [0, 0.1) is 6.92 Å². The van der Waals surface area contributed by atoms with E-state index in [1.165, 1.54) is 9.25 Å². The molecule has 2 heterocycles. The molecule has 80 valence electrons. The maximum Gasteiger partial charge on any atom is 0.346 e. The van der Waals surface area contributed by atoms with Gasteiger partial charge in [-0.25, -0.2) is 9.48 Å². The highest BCUT2D eigenvalue weighted by Crippen LogP contribution is 2.14. The van der Waals surface area contributed by atoms with Gasteiger partial charge >= 0.3 is 5.69 Å². The molecular formula is C9H10BrN3O2. The highest BCUT2D eigenvalue weighted by Gasteiger charge is 2.08. The van der Waals surface area contributed by atoms with Crippen LogP contribution >= 0.6 is 15.9 Å². The first-order chi connectivity index (χ1) is 7.08. The van der Waals surface area contributed by atoms with E-state index in [0.29, 0.717) is 22.8 Å². The van der Waals surface area contributed by atoms with Gasteiger partial charge in [0.1, 0.15) is 18.1 Å². The van der Waals surface area contributed by atoms with E-state index in [0.717, 1.165) is 0 Å². The molecule has 6 heteroatoms. The van der Waals surface area contributed by atoms with Crippen LogP contribution in [-0.4, -0.2) is 14.3 Å². The van der Waals surface area contributed by atoms with Gasteiger partial charge in [0.25, 0.3) is 0 Å². The zero-order chi connectivity index (χ0) is 11.0. The third kappa shape index (κ3) is 1.90. The van der Waals surface area contributed by atoms with Crippen molar-refractivity contribution >= 4 is 15.9 Å². The number of rotatable bonds is 2. The van der Waals surface area contributed by atoms with Crippen LogP contribution in [0.25, 0.3) is 0 Å². The summed E-state index contributed by atoms with van der Waals surface area (Å²) in [4.78, 5) is 11.6. The molecule has 0 aliphatic carbocycles. The zero-order valence-electron chi connectivity index (χ0n) is 8.40. The monoisotopic (exact) mass is 271 g/mol. The maximum absolute atomic E-state index is 11.6. The Morgan fingerprint density at radius 3 is 2.73 bits per heavy atom. The van der Waals surface area contributed by atoms with Crippen molar-refractivity contribution < 1.29 is 4.42 Å². The molecule has 0 bridgehead atoms. The normalized spacial score (nSPS) is 10.9. The molecule has 0 N–H and O–H groups in total. The maximum atomic E-state index is 11.6. The van der Waals surface area contributed by atoms with E-state index < -0.39 is 0 Å². The molecule has 2 aromatic rings. The van der Waals surface area contributed by atoms with Crippen molar-refractivity contribution in [1.82, 2.24) is 14.3 Å². The van der Waals surface area contributed by atoms with Gasteiger partial charge in [-0.2, -0.15) is 5.10 Å². The van der Waals surface area contributed by atoms with Crippen molar-refractivity contribution in [3.05, 3.63) is 38.9 Å². The van der Waals surface area contributed by atoms with Crippen molar-refractivity contribution in [2.45, 2.75) is 13.5 Å². The lowest BCUT2D eigenvalue weighted by molar-refractivity contribution is 0.457. The number of aryl methyl sites for hydroxylation is 1.